The molecule has 1 amide bonds. The minimum absolute atomic E-state index is 0.231. The molecule has 0 aromatic rings. The molecule has 2 rings (SSSR count). The summed E-state index contributed by atoms with van der Waals surface area (Å²) in [5.41, 5.74) is 0. The Kier molecular flexibility index (Phi) is 3.99. The minimum atomic E-state index is 0.231. The summed E-state index contributed by atoms with van der Waals surface area (Å²) < 4.78 is 0. The minimum Gasteiger partial charge on any atom is -0.342 e. The summed E-state index contributed by atoms with van der Waals surface area (Å²) in [6, 6.07) is 0. The van der Waals surface area contributed by atoms with E-state index in [1.54, 1.807) is 0 Å². The molecular formula is C13H22N2O. The molecule has 3 nitrogen and oxygen atoms in total. The van der Waals surface area contributed by atoms with Gasteiger partial charge in [-0.1, -0.05) is 6.08 Å². The van der Waals surface area contributed by atoms with Crippen molar-refractivity contribution in [2.24, 2.45) is 11.8 Å². The molecule has 16 heavy (non-hydrogen) atoms. The fraction of sp³-hybridized carbons (Fsp3) is 0.769. The lowest BCUT2D eigenvalue weighted by Crippen LogP contribution is -2.45. The van der Waals surface area contributed by atoms with Gasteiger partial charge in [0.15, 0.2) is 0 Å². The van der Waals surface area contributed by atoms with Crippen molar-refractivity contribution in [3.05, 3.63) is 12.7 Å². The second kappa shape index (κ2) is 5.48. The molecule has 0 aliphatic carbocycles. The van der Waals surface area contributed by atoms with Gasteiger partial charge in [0.1, 0.15) is 0 Å². The molecular weight excluding hydrogens is 200 g/mol. The molecule has 0 saturated carbocycles. The topological polar surface area (TPSA) is 32.3 Å². The van der Waals surface area contributed by atoms with E-state index < -0.39 is 0 Å². The van der Waals surface area contributed by atoms with Crippen LogP contribution in [0.4, 0.5) is 0 Å². The number of hydrogen-bond donors (Lipinski definition) is 1. The summed E-state index contributed by atoms with van der Waals surface area (Å²) in [6.07, 6.45) is 6.42. The first-order valence-corrected chi connectivity index (χ1v) is 6.43. The van der Waals surface area contributed by atoms with Crippen molar-refractivity contribution in [3.63, 3.8) is 0 Å². The molecule has 90 valence electrons. The van der Waals surface area contributed by atoms with Gasteiger partial charge in [-0.05, 0) is 38.1 Å². The Labute approximate surface area is 97.9 Å². The zero-order chi connectivity index (χ0) is 11.4. The normalized spacial score (nSPS) is 27.8. The first-order chi connectivity index (χ1) is 7.81. The highest BCUT2D eigenvalue weighted by Gasteiger charge is 2.28. The molecule has 1 atom stereocenters. The van der Waals surface area contributed by atoms with Crippen LogP contribution in [0.25, 0.3) is 0 Å². The number of nitrogens with one attached hydrogen (secondary N) is 1. The summed E-state index contributed by atoms with van der Waals surface area (Å²) in [4.78, 5) is 14.3. The predicted octanol–water partition coefficient (Wildman–Crippen LogP) is 1.41. The highest BCUT2D eigenvalue weighted by molar-refractivity contribution is 5.79. The van der Waals surface area contributed by atoms with Crippen molar-refractivity contribution in [2.45, 2.75) is 25.7 Å². The Hall–Kier alpha value is -0.830. The van der Waals surface area contributed by atoms with E-state index in [-0.39, 0.29) is 5.92 Å². The van der Waals surface area contributed by atoms with E-state index in [1.807, 2.05) is 6.08 Å². The van der Waals surface area contributed by atoms with Gasteiger partial charge in [-0.15, -0.1) is 6.58 Å². The molecule has 3 heteroatoms. The smallest absolute Gasteiger partial charge is 0.226 e. The van der Waals surface area contributed by atoms with E-state index in [1.165, 1.54) is 0 Å². The Morgan fingerprint density at radius 1 is 1.31 bits per heavy atom. The van der Waals surface area contributed by atoms with E-state index >= 15 is 0 Å². The lowest BCUT2D eigenvalue weighted by atomic mass is 9.93. The molecule has 0 spiro atoms. The molecule has 2 aliphatic heterocycles. The van der Waals surface area contributed by atoms with Gasteiger partial charge in [0.05, 0.1) is 5.92 Å². The second-order valence-corrected chi connectivity index (χ2v) is 4.94. The third-order valence-electron chi connectivity index (χ3n) is 3.83. The number of rotatable bonds is 2. The third kappa shape index (κ3) is 2.64. The molecule has 2 aliphatic rings. The Bertz CT molecular complexity index is 251. The summed E-state index contributed by atoms with van der Waals surface area (Å²) >= 11 is 0. The van der Waals surface area contributed by atoms with Crippen molar-refractivity contribution in [2.75, 3.05) is 26.2 Å². The van der Waals surface area contributed by atoms with Crippen LogP contribution in [0, 0.1) is 11.8 Å². The van der Waals surface area contributed by atoms with E-state index in [9.17, 15) is 4.79 Å². The van der Waals surface area contributed by atoms with Crippen molar-refractivity contribution >= 4 is 5.91 Å². The van der Waals surface area contributed by atoms with Crippen molar-refractivity contribution in [3.8, 4) is 0 Å². The van der Waals surface area contributed by atoms with Crippen molar-refractivity contribution in [1.82, 2.24) is 10.2 Å². The number of amides is 1. The zero-order valence-electron chi connectivity index (χ0n) is 9.95. The standard InChI is InChI=1S/C13H22N2O/c1-2-11-5-8-15(9-6-11)13(16)12-4-3-7-14-10-12/h2,11-12,14H,1,3-10H2. The second-order valence-electron chi connectivity index (χ2n) is 4.94. The van der Waals surface area contributed by atoms with Crippen LogP contribution in [-0.4, -0.2) is 37.0 Å². The number of likely N-dealkylation sites (tertiary alicyclic amines) is 1. The number of nitrogens with zero attached hydrogens (tertiary/aromatic N) is 1. The highest BCUT2D eigenvalue weighted by atomic mass is 16.2. The summed E-state index contributed by atoms with van der Waals surface area (Å²) in [5, 5.41) is 3.31. The molecule has 0 bridgehead atoms. The number of piperidine rings is 2. The first-order valence-electron chi connectivity index (χ1n) is 6.43. The maximum atomic E-state index is 12.2. The summed E-state index contributed by atoms with van der Waals surface area (Å²) in [5.74, 6) is 1.22. The molecule has 0 aromatic heterocycles. The lowest BCUT2D eigenvalue weighted by molar-refractivity contribution is -0.137. The third-order valence-corrected chi connectivity index (χ3v) is 3.83. The number of allylic oxidation sites excluding steroid dienone is 1. The zero-order valence-corrected chi connectivity index (χ0v) is 9.95. The largest absolute Gasteiger partial charge is 0.342 e. The quantitative estimate of drug-likeness (QED) is 0.717. The molecule has 0 radical (unpaired) electrons. The number of hydrogen-bond acceptors (Lipinski definition) is 2. The molecule has 1 unspecified atom stereocenters. The highest BCUT2D eigenvalue weighted by Crippen LogP contribution is 2.21. The fourth-order valence-corrected chi connectivity index (χ4v) is 2.68. The van der Waals surface area contributed by atoms with Crippen molar-refractivity contribution < 1.29 is 4.79 Å². The Morgan fingerprint density at radius 2 is 2.06 bits per heavy atom. The van der Waals surface area contributed by atoms with Gasteiger partial charge in [-0.25, -0.2) is 0 Å². The van der Waals surface area contributed by atoms with E-state index in [0.717, 1.165) is 51.9 Å². The SMILES string of the molecule is C=CC1CCN(C(=O)C2CCCNC2)CC1. The van der Waals surface area contributed by atoms with Gasteiger partial charge in [0.25, 0.3) is 0 Å². The maximum absolute atomic E-state index is 12.2. The van der Waals surface area contributed by atoms with E-state index in [2.05, 4.69) is 16.8 Å². The van der Waals surface area contributed by atoms with Crippen LogP contribution < -0.4 is 5.32 Å². The van der Waals surface area contributed by atoms with Gasteiger partial charge >= 0.3 is 0 Å². The first kappa shape index (κ1) is 11.6. The average Bonchev–Trinajstić information content (AvgIpc) is 2.39. The lowest BCUT2D eigenvalue weighted by Gasteiger charge is -2.34. The maximum Gasteiger partial charge on any atom is 0.226 e. The Balaban J connectivity index is 1.83. The van der Waals surface area contributed by atoms with Crippen LogP contribution in [-0.2, 0) is 4.79 Å². The van der Waals surface area contributed by atoms with Gasteiger partial charge in [0, 0.05) is 19.6 Å². The van der Waals surface area contributed by atoms with Gasteiger partial charge in [-0.2, -0.15) is 0 Å². The van der Waals surface area contributed by atoms with Crippen molar-refractivity contribution in [1.29, 1.82) is 0 Å². The van der Waals surface area contributed by atoms with Crippen LogP contribution in [0.1, 0.15) is 25.7 Å². The molecule has 2 saturated heterocycles. The van der Waals surface area contributed by atoms with E-state index in [4.69, 9.17) is 0 Å². The fourth-order valence-electron chi connectivity index (χ4n) is 2.68. The monoisotopic (exact) mass is 222 g/mol. The van der Waals surface area contributed by atoms with Gasteiger partial charge in [-0.3, -0.25) is 4.79 Å². The van der Waals surface area contributed by atoms with Gasteiger partial charge in [0.2, 0.25) is 5.91 Å². The van der Waals surface area contributed by atoms with Gasteiger partial charge < -0.3 is 10.2 Å². The van der Waals surface area contributed by atoms with Crippen LogP contribution in [0.15, 0.2) is 12.7 Å². The van der Waals surface area contributed by atoms with Crippen LogP contribution in [0.3, 0.4) is 0 Å². The summed E-state index contributed by atoms with van der Waals surface area (Å²) in [6.45, 7) is 7.62. The van der Waals surface area contributed by atoms with Crippen LogP contribution >= 0.6 is 0 Å². The van der Waals surface area contributed by atoms with E-state index in [0.29, 0.717) is 11.8 Å². The molecule has 1 N–H and O–H groups in total. The van der Waals surface area contributed by atoms with Crippen LogP contribution in [0.5, 0.6) is 0 Å². The van der Waals surface area contributed by atoms with Crippen LogP contribution in [0.2, 0.25) is 0 Å². The molecule has 0 aromatic carbocycles. The molecule has 2 heterocycles. The number of carbonyl (C=O) groups excluding carboxylic acids is 1. The molecule has 2 fully saturated rings. The summed E-state index contributed by atoms with van der Waals surface area (Å²) in [7, 11) is 0. The average molecular weight is 222 g/mol. The number of carbonyl (C=O) groups is 1. The Morgan fingerprint density at radius 3 is 2.62 bits per heavy atom. The predicted molar refractivity (Wildman–Crippen MR) is 65.1 cm³/mol.